The van der Waals surface area contributed by atoms with Crippen LogP contribution in [0, 0.1) is 6.92 Å². The van der Waals surface area contributed by atoms with E-state index in [-0.39, 0.29) is 23.6 Å². The maximum Gasteiger partial charge on any atom is 0.433 e. The highest BCUT2D eigenvalue weighted by molar-refractivity contribution is 5.92. The minimum Gasteiger partial charge on any atom is -0.497 e. The van der Waals surface area contributed by atoms with Crippen LogP contribution < -0.4 is 30.0 Å². The number of amides is 1. The molecule has 1 saturated heterocycles. The molecule has 1 fully saturated rings. The van der Waals surface area contributed by atoms with E-state index in [0.717, 1.165) is 59.5 Å². The Balaban J connectivity index is 0.000000368. The molecular formula is C45H56F3N5O6. The molecule has 59 heavy (non-hydrogen) atoms. The van der Waals surface area contributed by atoms with Gasteiger partial charge in [0.25, 0.3) is 5.91 Å². The molecule has 11 nitrogen and oxygen atoms in total. The lowest BCUT2D eigenvalue weighted by Gasteiger charge is -2.22. The quantitative estimate of drug-likeness (QED) is 0.104. The molecule has 0 saturated carbocycles. The molecule has 2 aromatic heterocycles. The number of nitrogens with zero attached hydrogens (tertiary/aromatic N) is 3. The summed E-state index contributed by atoms with van der Waals surface area (Å²) in [5.74, 6) is 2.78. The molecule has 1 atom stereocenters. The molecule has 3 heterocycles. The van der Waals surface area contributed by atoms with Crippen molar-refractivity contribution in [3.8, 4) is 40.1 Å². The van der Waals surface area contributed by atoms with Gasteiger partial charge >= 0.3 is 6.18 Å². The molecule has 1 aliphatic heterocycles. The predicted octanol–water partition coefficient (Wildman–Crippen LogP) is 9.66. The Morgan fingerprint density at radius 3 is 2.22 bits per heavy atom. The monoisotopic (exact) mass is 819 g/mol. The SMILES string of the molecule is CC.CC.COc1ccc(-c2ccc(C(=O)NCCCOc3ccc(Oc4ccc(CCN)cc4C)cc3)nn2)cc1.FC(F)(F)c1cccc(OC2CCCOC2)n1. The van der Waals surface area contributed by atoms with Gasteiger partial charge in [-0.3, -0.25) is 4.79 Å². The first-order chi connectivity index (χ1) is 28.6. The second kappa shape index (κ2) is 25.6. The second-order valence-corrected chi connectivity index (χ2v) is 12.5. The molecule has 5 aromatic rings. The molecule has 0 aliphatic carbocycles. The molecule has 0 bridgehead atoms. The number of hydrogen-bond donors (Lipinski definition) is 2. The number of methoxy groups -OCH3 is 1. The lowest BCUT2D eigenvalue weighted by atomic mass is 10.1. The number of nitrogens with one attached hydrogen (secondary N) is 1. The van der Waals surface area contributed by atoms with Crippen LogP contribution >= 0.6 is 0 Å². The first-order valence-electron chi connectivity index (χ1n) is 19.9. The third-order valence-electron chi connectivity index (χ3n) is 8.30. The normalized spacial score (nSPS) is 13.2. The van der Waals surface area contributed by atoms with Crippen LogP contribution in [0.15, 0.2) is 97.1 Å². The van der Waals surface area contributed by atoms with Gasteiger partial charge in [-0.1, -0.05) is 45.9 Å². The lowest BCUT2D eigenvalue weighted by Crippen LogP contribution is -2.28. The van der Waals surface area contributed by atoms with E-state index >= 15 is 0 Å². The first-order valence-corrected chi connectivity index (χ1v) is 19.9. The maximum atomic E-state index is 12.4. The summed E-state index contributed by atoms with van der Waals surface area (Å²) in [6, 6.07) is 28.2. The van der Waals surface area contributed by atoms with Crippen LogP contribution in [0.25, 0.3) is 11.3 Å². The van der Waals surface area contributed by atoms with Crippen LogP contribution in [0.5, 0.6) is 28.9 Å². The number of benzene rings is 3. The number of aryl methyl sites for hydroxylation is 1. The van der Waals surface area contributed by atoms with E-state index in [2.05, 4.69) is 26.6 Å². The molecule has 3 aromatic carbocycles. The van der Waals surface area contributed by atoms with Gasteiger partial charge in [-0.2, -0.15) is 13.2 Å². The van der Waals surface area contributed by atoms with Crippen LogP contribution in [0.4, 0.5) is 13.2 Å². The van der Waals surface area contributed by atoms with Crippen molar-refractivity contribution in [1.29, 1.82) is 0 Å². The summed E-state index contributed by atoms with van der Waals surface area (Å²) >= 11 is 0. The Hall–Kier alpha value is -5.73. The molecule has 0 spiro atoms. The lowest BCUT2D eigenvalue weighted by molar-refractivity contribution is -0.141. The highest BCUT2D eigenvalue weighted by Crippen LogP contribution is 2.30. The zero-order valence-corrected chi connectivity index (χ0v) is 34.7. The van der Waals surface area contributed by atoms with Crippen molar-refractivity contribution in [2.75, 3.05) is 40.0 Å². The summed E-state index contributed by atoms with van der Waals surface area (Å²) in [6.07, 6.45) is -1.52. The van der Waals surface area contributed by atoms with Gasteiger partial charge < -0.3 is 34.7 Å². The first kappa shape index (κ1) is 47.6. The molecule has 6 rings (SSSR count). The molecule has 14 heteroatoms. The largest absolute Gasteiger partial charge is 0.497 e. The van der Waals surface area contributed by atoms with E-state index in [1.165, 1.54) is 17.7 Å². The predicted molar refractivity (Wildman–Crippen MR) is 223 cm³/mol. The standard InChI is InChI=1S/C30H32N4O4.C11H12F3NO2.2C2H6/c1-21-20-22(16-17-31)4-15-29(21)38-26-11-9-25(10-12-26)37-19-3-18-32-30(35)28-14-13-27(33-34-28)23-5-7-24(36-2)8-6-23;12-11(13,14)9-4-1-5-10(15-9)17-8-3-2-6-16-7-8;2*1-2/h4-15,20H,3,16-19,31H2,1-2H3,(H,32,35);1,4-5,8H,2-3,6-7H2;2*1-2H3. The average Bonchev–Trinajstić information content (AvgIpc) is 3.27. The highest BCUT2D eigenvalue weighted by Gasteiger charge is 2.33. The van der Waals surface area contributed by atoms with Gasteiger partial charge in [0.1, 0.15) is 34.8 Å². The van der Waals surface area contributed by atoms with Crippen molar-refractivity contribution in [2.24, 2.45) is 5.73 Å². The molecule has 1 amide bonds. The maximum absolute atomic E-state index is 12.4. The zero-order valence-electron chi connectivity index (χ0n) is 34.7. The number of aromatic nitrogens is 3. The highest BCUT2D eigenvalue weighted by atomic mass is 19.4. The van der Waals surface area contributed by atoms with Crippen molar-refractivity contribution >= 4 is 5.91 Å². The Bertz CT molecular complexity index is 1940. The van der Waals surface area contributed by atoms with Gasteiger partial charge in [-0.25, -0.2) is 4.98 Å². The smallest absolute Gasteiger partial charge is 0.433 e. The summed E-state index contributed by atoms with van der Waals surface area (Å²) in [5.41, 5.74) is 8.81. The van der Waals surface area contributed by atoms with Crippen LogP contribution in [0.2, 0.25) is 0 Å². The average molecular weight is 820 g/mol. The molecule has 0 radical (unpaired) electrons. The molecule has 3 N–H and O–H groups in total. The van der Waals surface area contributed by atoms with Crippen molar-refractivity contribution in [2.45, 2.75) is 72.6 Å². The Morgan fingerprint density at radius 2 is 1.61 bits per heavy atom. The van der Waals surface area contributed by atoms with Gasteiger partial charge in [0, 0.05) is 24.8 Å². The molecule has 1 unspecified atom stereocenters. The van der Waals surface area contributed by atoms with Gasteiger partial charge in [0.15, 0.2) is 5.69 Å². The Kier molecular flexibility index (Phi) is 20.7. The van der Waals surface area contributed by atoms with Crippen LogP contribution in [-0.4, -0.2) is 67.2 Å². The topological polar surface area (TPSA) is 140 Å². The third kappa shape index (κ3) is 16.2. The van der Waals surface area contributed by atoms with E-state index in [9.17, 15) is 18.0 Å². The number of nitrogens with two attached hydrogens (primary N) is 1. The fourth-order valence-corrected chi connectivity index (χ4v) is 5.42. The van der Waals surface area contributed by atoms with E-state index in [0.29, 0.717) is 45.0 Å². The van der Waals surface area contributed by atoms with Crippen LogP contribution in [0.3, 0.4) is 0 Å². The summed E-state index contributed by atoms with van der Waals surface area (Å²) in [4.78, 5) is 15.8. The van der Waals surface area contributed by atoms with Gasteiger partial charge in [-0.05, 0) is 123 Å². The summed E-state index contributed by atoms with van der Waals surface area (Å²) in [6.45, 7) is 12.7. The summed E-state index contributed by atoms with van der Waals surface area (Å²) < 4.78 is 64.7. The van der Waals surface area contributed by atoms with E-state index in [1.807, 2.05) is 95.3 Å². The van der Waals surface area contributed by atoms with E-state index in [4.69, 9.17) is 29.4 Å². The molecule has 1 aliphatic rings. The van der Waals surface area contributed by atoms with Gasteiger partial charge in [0.2, 0.25) is 5.88 Å². The number of rotatable bonds is 14. The summed E-state index contributed by atoms with van der Waals surface area (Å²) in [5, 5.41) is 11.1. The number of halogens is 3. The zero-order chi connectivity index (χ0) is 43.0. The van der Waals surface area contributed by atoms with Crippen molar-refractivity contribution in [1.82, 2.24) is 20.5 Å². The number of alkyl halides is 3. The number of carbonyl (C=O) groups excluding carboxylic acids is 1. The van der Waals surface area contributed by atoms with E-state index < -0.39 is 11.9 Å². The van der Waals surface area contributed by atoms with Crippen molar-refractivity contribution in [3.63, 3.8) is 0 Å². The Morgan fingerprint density at radius 1 is 0.898 bits per heavy atom. The van der Waals surface area contributed by atoms with Gasteiger partial charge in [0.05, 0.1) is 26.0 Å². The fourth-order valence-electron chi connectivity index (χ4n) is 5.42. The number of ether oxygens (including phenoxy) is 5. The molecule has 318 valence electrons. The minimum absolute atomic E-state index is 0.00433. The number of pyridine rings is 1. The van der Waals surface area contributed by atoms with Crippen molar-refractivity contribution < 1.29 is 41.7 Å². The molecular weight excluding hydrogens is 764 g/mol. The fraction of sp³-hybridized carbons (Fsp3) is 0.378. The second-order valence-electron chi connectivity index (χ2n) is 12.5. The van der Waals surface area contributed by atoms with Gasteiger partial charge in [-0.15, -0.1) is 10.2 Å². The Labute approximate surface area is 345 Å². The minimum atomic E-state index is -4.44. The number of carbonyl (C=O) groups is 1. The van der Waals surface area contributed by atoms with Crippen LogP contribution in [0.1, 0.15) is 74.3 Å². The van der Waals surface area contributed by atoms with Crippen LogP contribution in [-0.2, 0) is 17.3 Å². The van der Waals surface area contributed by atoms with Crippen molar-refractivity contribution in [3.05, 3.63) is 120 Å². The van der Waals surface area contributed by atoms with E-state index in [1.54, 1.807) is 19.2 Å². The number of hydrogen-bond acceptors (Lipinski definition) is 10. The summed E-state index contributed by atoms with van der Waals surface area (Å²) in [7, 11) is 1.62. The third-order valence-corrected chi connectivity index (χ3v) is 8.30.